The van der Waals surface area contributed by atoms with Crippen LogP contribution in [0.25, 0.3) is 0 Å². The summed E-state index contributed by atoms with van der Waals surface area (Å²) in [5, 5.41) is 3.23. The van der Waals surface area contributed by atoms with E-state index in [2.05, 4.69) is 24.4 Å². The van der Waals surface area contributed by atoms with E-state index in [1.807, 2.05) is 24.9 Å². The molecule has 0 fully saturated rings. The van der Waals surface area contributed by atoms with E-state index in [-0.39, 0.29) is 0 Å². The highest BCUT2D eigenvalue weighted by Crippen LogP contribution is 2.33. The standard InChI is InChI=1S/C13H19NO2S/c1-10(14-2)9-17-11-4-5-12-13(8-11)16-7-3-6-15-12/h4-5,8,10,14H,3,6-7,9H2,1-2H3. The van der Waals surface area contributed by atoms with Crippen LogP contribution in [-0.2, 0) is 0 Å². The van der Waals surface area contributed by atoms with Gasteiger partial charge in [0.2, 0.25) is 0 Å². The summed E-state index contributed by atoms with van der Waals surface area (Å²) < 4.78 is 11.3. The fraction of sp³-hybridized carbons (Fsp3) is 0.538. The van der Waals surface area contributed by atoms with Gasteiger partial charge in [-0.15, -0.1) is 11.8 Å². The van der Waals surface area contributed by atoms with Gasteiger partial charge < -0.3 is 14.8 Å². The molecule has 3 nitrogen and oxygen atoms in total. The van der Waals surface area contributed by atoms with Crippen molar-refractivity contribution in [2.75, 3.05) is 26.0 Å². The molecule has 2 rings (SSSR count). The summed E-state index contributed by atoms with van der Waals surface area (Å²) in [6.07, 6.45) is 0.952. The molecule has 1 N–H and O–H groups in total. The summed E-state index contributed by atoms with van der Waals surface area (Å²) >= 11 is 1.83. The van der Waals surface area contributed by atoms with Gasteiger partial charge in [0.1, 0.15) is 0 Å². The van der Waals surface area contributed by atoms with E-state index in [0.717, 1.165) is 36.9 Å². The second kappa shape index (κ2) is 6.17. The third-order valence-corrected chi connectivity index (χ3v) is 3.97. The van der Waals surface area contributed by atoms with Crippen LogP contribution in [0.2, 0.25) is 0 Å². The van der Waals surface area contributed by atoms with Gasteiger partial charge >= 0.3 is 0 Å². The van der Waals surface area contributed by atoms with E-state index >= 15 is 0 Å². The van der Waals surface area contributed by atoms with Crippen molar-refractivity contribution in [3.05, 3.63) is 18.2 Å². The van der Waals surface area contributed by atoms with Gasteiger partial charge in [-0.05, 0) is 32.2 Å². The lowest BCUT2D eigenvalue weighted by atomic mass is 10.3. The summed E-state index contributed by atoms with van der Waals surface area (Å²) in [6, 6.07) is 6.69. The van der Waals surface area contributed by atoms with Gasteiger partial charge in [-0.25, -0.2) is 0 Å². The molecule has 1 aliphatic rings. The summed E-state index contributed by atoms with van der Waals surface area (Å²) in [6.45, 7) is 3.67. The molecule has 94 valence electrons. The van der Waals surface area contributed by atoms with Gasteiger partial charge in [0.25, 0.3) is 0 Å². The molecule has 0 bridgehead atoms. The van der Waals surface area contributed by atoms with Gasteiger partial charge in [-0.2, -0.15) is 0 Å². The highest BCUT2D eigenvalue weighted by molar-refractivity contribution is 7.99. The average Bonchev–Trinajstić information content (AvgIpc) is 2.60. The van der Waals surface area contributed by atoms with Crippen LogP contribution in [0.1, 0.15) is 13.3 Å². The van der Waals surface area contributed by atoms with Crippen LogP contribution in [0.3, 0.4) is 0 Å². The van der Waals surface area contributed by atoms with Crippen molar-refractivity contribution in [2.24, 2.45) is 0 Å². The SMILES string of the molecule is CNC(C)CSc1ccc2c(c1)OCCCO2. The quantitative estimate of drug-likeness (QED) is 0.835. The average molecular weight is 253 g/mol. The normalized spacial score (nSPS) is 16.4. The van der Waals surface area contributed by atoms with Crippen LogP contribution in [0.5, 0.6) is 11.5 Å². The predicted octanol–water partition coefficient (Wildman–Crippen LogP) is 2.55. The van der Waals surface area contributed by atoms with Crippen molar-refractivity contribution >= 4 is 11.8 Å². The zero-order valence-electron chi connectivity index (χ0n) is 10.4. The van der Waals surface area contributed by atoms with Crippen molar-refractivity contribution in [3.8, 4) is 11.5 Å². The second-order valence-electron chi connectivity index (χ2n) is 4.16. The molecule has 0 amide bonds. The summed E-state index contributed by atoms with van der Waals surface area (Å²) in [7, 11) is 1.99. The molecule has 17 heavy (non-hydrogen) atoms. The van der Waals surface area contributed by atoms with E-state index < -0.39 is 0 Å². The Balaban J connectivity index is 2.02. The van der Waals surface area contributed by atoms with Crippen LogP contribution in [0.4, 0.5) is 0 Å². The smallest absolute Gasteiger partial charge is 0.162 e. The van der Waals surface area contributed by atoms with E-state index in [1.54, 1.807) is 0 Å². The molecule has 0 spiro atoms. The zero-order valence-corrected chi connectivity index (χ0v) is 11.2. The number of hydrogen-bond donors (Lipinski definition) is 1. The number of thioether (sulfide) groups is 1. The Morgan fingerprint density at radius 3 is 2.82 bits per heavy atom. The first kappa shape index (κ1) is 12.6. The molecular weight excluding hydrogens is 234 g/mol. The molecular formula is C13H19NO2S. The highest BCUT2D eigenvalue weighted by atomic mass is 32.2. The molecule has 1 aliphatic heterocycles. The highest BCUT2D eigenvalue weighted by Gasteiger charge is 2.11. The number of ether oxygens (including phenoxy) is 2. The minimum atomic E-state index is 0.510. The lowest BCUT2D eigenvalue weighted by Gasteiger charge is -2.11. The Morgan fingerprint density at radius 1 is 1.29 bits per heavy atom. The van der Waals surface area contributed by atoms with E-state index in [4.69, 9.17) is 9.47 Å². The monoisotopic (exact) mass is 253 g/mol. The minimum absolute atomic E-state index is 0.510. The third kappa shape index (κ3) is 3.54. The van der Waals surface area contributed by atoms with Crippen LogP contribution in [-0.4, -0.2) is 32.1 Å². The molecule has 4 heteroatoms. The predicted molar refractivity (Wildman–Crippen MR) is 71.3 cm³/mol. The topological polar surface area (TPSA) is 30.5 Å². The van der Waals surface area contributed by atoms with Gasteiger partial charge in [0.05, 0.1) is 13.2 Å². The Bertz CT molecular complexity index is 370. The lowest BCUT2D eigenvalue weighted by molar-refractivity contribution is 0.297. The van der Waals surface area contributed by atoms with Crippen molar-refractivity contribution < 1.29 is 9.47 Å². The summed E-state index contributed by atoms with van der Waals surface area (Å²) in [5.41, 5.74) is 0. The fourth-order valence-corrected chi connectivity index (χ4v) is 2.50. The van der Waals surface area contributed by atoms with Crippen molar-refractivity contribution in [1.82, 2.24) is 5.32 Å². The van der Waals surface area contributed by atoms with Crippen molar-refractivity contribution in [2.45, 2.75) is 24.3 Å². The van der Waals surface area contributed by atoms with Gasteiger partial charge in [-0.1, -0.05) is 0 Å². The number of nitrogens with one attached hydrogen (secondary N) is 1. The van der Waals surface area contributed by atoms with Crippen molar-refractivity contribution in [1.29, 1.82) is 0 Å². The van der Waals surface area contributed by atoms with E-state index in [0.29, 0.717) is 6.04 Å². The largest absolute Gasteiger partial charge is 0.490 e. The van der Waals surface area contributed by atoms with E-state index in [9.17, 15) is 0 Å². The van der Waals surface area contributed by atoms with Crippen LogP contribution >= 0.6 is 11.8 Å². The van der Waals surface area contributed by atoms with Gasteiger partial charge in [-0.3, -0.25) is 0 Å². The second-order valence-corrected chi connectivity index (χ2v) is 5.25. The Hall–Kier alpha value is -0.870. The van der Waals surface area contributed by atoms with Crippen LogP contribution in [0, 0.1) is 0 Å². The van der Waals surface area contributed by atoms with Gasteiger partial charge in [0.15, 0.2) is 11.5 Å². The molecule has 0 aliphatic carbocycles. The molecule has 1 atom stereocenters. The molecule has 0 radical (unpaired) electrons. The molecule has 1 heterocycles. The Morgan fingerprint density at radius 2 is 2.06 bits per heavy atom. The number of rotatable bonds is 4. The maximum absolute atomic E-state index is 5.67. The first-order valence-electron chi connectivity index (χ1n) is 5.99. The Kier molecular flexibility index (Phi) is 4.57. The summed E-state index contributed by atoms with van der Waals surface area (Å²) in [4.78, 5) is 1.23. The number of hydrogen-bond acceptors (Lipinski definition) is 4. The van der Waals surface area contributed by atoms with E-state index in [1.165, 1.54) is 4.90 Å². The minimum Gasteiger partial charge on any atom is -0.490 e. The van der Waals surface area contributed by atoms with Crippen molar-refractivity contribution in [3.63, 3.8) is 0 Å². The molecule has 1 aromatic rings. The van der Waals surface area contributed by atoms with Crippen LogP contribution in [0.15, 0.2) is 23.1 Å². The zero-order chi connectivity index (χ0) is 12.1. The number of fused-ring (bicyclic) bond motifs is 1. The molecule has 1 aromatic carbocycles. The third-order valence-electron chi connectivity index (χ3n) is 2.71. The lowest BCUT2D eigenvalue weighted by Crippen LogP contribution is -2.23. The molecule has 0 saturated carbocycles. The fourth-order valence-electron chi connectivity index (χ4n) is 1.54. The molecule has 1 unspecified atom stereocenters. The van der Waals surface area contributed by atoms with Gasteiger partial charge in [0, 0.05) is 23.1 Å². The maximum atomic E-state index is 5.67. The molecule has 0 aromatic heterocycles. The summed E-state index contributed by atoms with van der Waals surface area (Å²) in [5.74, 6) is 2.80. The maximum Gasteiger partial charge on any atom is 0.162 e. The molecule has 0 saturated heterocycles. The first-order chi connectivity index (χ1) is 8.29. The number of benzene rings is 1. The Labute approximate surface area is 107 Å². The van der Waals surface area contributed by atoms with Crippen LogP contribution < -0.4 is 14.8 Å². The first-order valence-corrected chi connectivity index (χ1v) is 6.98.